The number of aromatic amines is 1. The van der Waals surface area contributed by atoms with Crippen molar-refractivity contribution in [3.8, 4) is 5.75 Å². The average Bonchev–Trinajstić information content (AvgIpc) is 3.45. The van der Waals surface area contributed by atoms with Gasteiger partial charge in [0.25, 0.3) is 0 Å². The molecule has 1 aromatic heterocycles. The average molecular weight is 598 g/mol. The Morgan fingerprint density at radius 1 is 0.818 bits per heavy atom. The monoisotopic (exact) mass is 597 g/mol. The number of carboxylic acid groups (broad SMARTS) is 1. The molecule has 0 spiro atoms. The number of ether oxygens (including phenoxy) is 1. The van der Waals surface area contributed by atoms with Gasteiger partial charge in [-0.25, -0.2) is 0 Å². The van der Waals surface area contributed by atoms with Crippen molar-refractivity contribution in [2.24, 2.45) is 5.92 Å². The topological polar surface area (TPSA) is 121 Å². The summed E-state index contributed by atoms with van der Waals surface area (Å²) in [7, 11) is 1.65. The second-order valence-electron chi connectivity index (χ2n) is 11.2. The first-order chi connectivity index (χ1) is 21.4. The largest absolute Gasteiger partial charge is 0.497 e. The number of methoxy groups -OCH3 is 1. The number of carbonyl (C=O) groups excluding carboxylic acids is 2. The van der Waals surface area contributed by atoms with Crippen LogP contribution in [0, 0.1) is 5.92 Å². The number of hydrogen-bond donors (Lipinski definition) is 4. The Bertz CT molecular complexity index is 1480. The van der Waals surface area contributed by atoms with Crippen LogP contribution in [0.2, 0.25) is 0 Å². The summed E-state index contributed by atoms with van der Waals surface area (Å²) in [6.45, 7) is 0.429. The molecule has 0 aliphatic carbocycles. The van der Waals surface area contributed by atoms with E-state index < -0.39 is 23.8 Å². The zero-order valence-electron chi connectivity index (χ0n) is 25.4. The molecule has 4 aromatic rings. The number of aliphatic carboxylic acids is 1. The molecule has 4 rings (SSSR count). The molecule has 0 fully saturated rings. The first kappa shape index (κ1) is 32.3. The fourth-order valence-electron chi connectivity index (χ4n) is 5.52. The van der Waals surface area contributed by atoms with E-state index in [2.05, 4.69) is 27.8 Å². The zero-order valence-corrected chi connectivity index (χ0v) is 25.4. The molecule has 8 nitrogen and oxygen atoms in total. The van der Waals surface area contributed by atoms with Crippen molar-refractivity contribution >= 4 is 28.7 Å². The number of unbranched alkanes of at least 4 members (excludes halogenated alkanes) is 3. The molecule has 3 aromatic carbocycles. The Morgan fingerprint density at radius 2 is 1.52 bits per heavy atom. The molecular formula is C36H43N3O5. The SMILES string of the molecule is COc1ccc(CCCCCC[C@H](CC(=O)O)C(=O)N[C@@H](Cc2c[nH]c3ccccc23)C(=O)NCCc2ccccc2)cc1. The highest BCUT2D eigenvalue weighted by Crippen LogP contribution is 2.21. The van der Waals surface area contributed by atoms with Gasteiger partial charge in [-0.05, 0) is 60.6 Å². The van der Waals surface area contributed by atoms with Crippen LogP contribution in [0.5, 0.6) is 5.75 Å². The van der Waals surface area contributed by atoms with Crippen molar-refractivity contribution in [2.45, 2.75) is 63.8 Å². The maximum atomic E-state index is 13.5. The van der Waals surface area contributed by atoms with E-state index in [0.717, 1.165) is 59.9 Å². The summed E-state index contributed by atoms with van der Waals surface area (Å²) in [5, 5.41) is 16.4. The Labute approximate surface area is 259 Å². The van der Waals surface area contributed by atoms with Crippen molar-refractivity contribution < 1.29 is 24.2 Å². The van der Waals surface area contributed by atoms with Crippen LogP contribution < -0.4 is 15.4 Å². The number of para-hydroxylation sites is 1. The van der Waals surface area contributed by atoms with Gasteiger partial charge in [-0.1, -0.05) is 79.9 Å². The first-order valence-corrected chi connectivity index (χ1v) is 15.4. The number of nitrogens with one attached hydrogen (secondary N) is 3. The minimum atomic E-state index is -1.02. The predicted molar refractivity (Wildman–Crippen MR) is 173 cm³/mol. The number of benzene rings is 3. The van der Waals surface area contributed by atoms with Crippen molar-refractivity contribution in [3.05, 3.63) is 102 Å². The van der Waals surface area contributed by atoms with Gasteiger partial charge >= 0.3 is 5.97 Å². The highest BCUT2D eigenvalue weighted by atomic mass is 16.5. The summed E-state index contributed by atoms with van der Waals surface area (Å²) in [6, 6.07) is 24.9. The normalized spacial score (nSPS) is 12.4. The predicted octanol–water partition coefficient (Wildman–Crippen LogP) is 5.85. The lowest BCUT2D eigenvalue weighted by molar-refractivity contribution is -0.141. The number of fused-ring (bicyclic) bond motifs is 1. The maximum Gasteiger partial charge on any atom is 0.304 e. The minimum absolute atomic E-state index is 0.271. The van der Waals surface area contributed by atoms with E-state index in [1.807, 2.05) is 72.9 Å². The summed E-state index contributed by atoms with van der Waals surface area (Å²) >= 11 is 0. The van der Waals surface area contributed by atoms with Crippen LogP contribution in [0.1, 0.15) is 55.2 Å². The summed E-state index contributed by atoms with van der Waals surface area (Å²) in [5.74, 6) is -1.58. The molecule has 44 heavy (non-hydrogen) atoms. The Kier molecular flexibility index (Phi) is 12.4. The van der Waals surface area contributed by atoms with Gasteiger partial charge in [0.2, 0.25) is 11.8 Å². The minimum Gasteiger partial charge on any atom is -0.497 e. The molecule has 0 aliphatic rings. The van der Waals surface area contributed by atoms with Crippen molar-refractivity contribution in [2.75, 3.05) is 13.7 Å². The van der Waals surface area contributed by atoms with E-state index >= 15 is 0 Å². The molecule has 0 aliphatic heterocycles. The molecule has 0 bridgehead atoms. The third kappa shape index (κ3) is 10.0. The van der Waals surface area contributed by atoms with Gasteiger partial charge in [-0.15, -0.1) is 0 Å². The molecule has 8 heteroatoms. The molecule has 0 unspecified atom stereocenters. The van der Waals surface area contributed by atoms with E-state index in [9.17, 15) is 19.5 Å². The van der Waals surface area contributed by atoms with Crippen molar-refractivity contribution in [1.29, 1.82) is 0 Å². The number of carbonyl (C=O) groups is 3. The molecule has 2 amide bonds. The molecule has 2 atom stereocenters. The standard InChI is InChI=1S/C36H43N3O5/c1-44-30-19-17-27(18-20-30)13-5-2-3-8-14-28(24-34(40)41)35(42)39-33(23-29-25-38-32-16-10-9-15-31(29)32)36(43)37-22-21-26-11-6-4-7-12-26/h4,6-7,9-12,15-20,25,28,33,38H,2-3,5,8,13-14,21-24H2,1H3,(H,37,43)(H,39,42)(H,40,41)/t28-,33+/m1/s1. The maximum absolute atomic E-state index is 13.5. The van der Waals surface area contributed by atoms with Gasteiger partial charge < -0.3 is 25.5 Å². The molecule has 4 N–H and O–H groups in total. The van der Waals surface area contributed by atoms with Gasteiger partial charge in [-0.3, -0.25) is 14.4 Å². The fourth-order valence-corrected chi connectivity index (χ4v) is 5.52. The molecule has 1 heterocycles. The Hall–Kier alpha value is -4.59. The van der Waals surface area contributed by atoms with Crippen LogP contribution in [0.4, 0.5) is 0 Å². The van der Waals surface area contributed by atoms with E-state index in [0.29, 0.717) is 19.4 Å². The van der Waals surface area contributed by atoms with Crippen LogP contribution in [-0.4, -0.2) is 47.6 Å². The number of aryl methyl sites for hydroxylation is 1. The molecule has 0 radical (unpaired) electrons. The molecule has 0 saturated carbocycles. The fraction of sp³-hybridized carbons (Fsp3) is 0.361. The number of amides is 2. The lowest BCUT2D eigenvalue weighted by Crippen LogP contribution is -2.50. The highest BCUT2D eigenvalue weighted by Gasteiger charge is 2.28. The number of carboxylic acids is 1. The summed E-state index contributed by atoms with van der Waals surface area (Å²) in [5.41, 5.74) is 4.22. The van der Waals surface area contributed by atoms with E-state index in [-0.39, 0.29) is 18.7 Å². The highest BCUT2D eigenvalue weighted by molar-refractivity contribution is 5.91. The van der Waals surface area contributed by atoms with Gasteiger partial charge in [0, 0.05) is 36.0 Å². The second-order valence-corrected chi connectivity index (χ2v) is 11.2. The lowest BCUT2D eigenvalue weighted by Gasteiger charge is -2.22. The number of aromatic nitrogens is 1. The van der Waals surface area contributed by atoms with Crippen LogP contribution in [0.3, 0.4) is 0 Å². The summed E-state index contributed by atoms with van der Waals surface area (Å²) in [4.78, 5) is 41.8. The van der Waals surface area contributed by atoms with Gasteiger partial charge in [0.15, 0.2) is 0 Å². The van der Waals surface area contributed by atoms with Crippen LogP contribution in [0.15, 0.2) is 85.1 Å². The smallest absolute Gasteiger partial charge is 0.304 e. The van der Waals surface area contributed by atoms with Crippen LogP contribution in [0.25, 0.3) is 10.9 Å². The van der Waals surface area contributed by atoms with E-state index in [1.165, 1.54) is 5.56 Å². The quantitative estimate of drug-likeness (QED) is 0.107. The third-order valence-corrected chi connectivity index (χ3v) is 8.01. The Balaban J connectivity index is 1.34. The molecule has 0 saturated heterocycles. The van der Waals surface area contributed by atoms with Crippen molar-refractivity contribution in [1.82, 2.24) is 15.6 Å². The van der Waals surface area contributed by atoms with Gasteiger partial charge in [0.1, 0.15) is 11.8 Å². The number of rotatable bonds is 18. The van der Waals surface area contributed by atoms with Crippen LogP contribution >= 0.6 is 0 Å². The van der Waals surface area contributed by atoms with Gasteiger partial charge in [-0.2, -0.15) is 0 Å². The van der Waals surface area contributed by atoms with Crippen LogP contribution in [-0.2, 0) is 33.6 Å². The molecule has 232 valence electrons. The number of hydrogen-bond acceptors (Lipinski definition) is 4. The lowest BCUT2D eigenvalue weighted by atomic mass is 9.95. The first-order valence-electron chi connectivity index (χ1n) is 15.4. The number of H-pyrrole nitrogens is 1. The second kappa shape index (κ2) is 16.9. The zero-order chi connectivity index (χ0) is 31.1. The summed E-state index contributed by atoms with van der Waals surface area (Å²) in [6.07, 6.45) is 7.60. The van der Waals surface area contributed by atoms with E-state index in [1.54, 1.807) is 7.11 Å². The van der Waals surface area contributed by atoms with E-state index in [4.69, 9.17) is 4.74 Å². The summed E-state index contributed by atoms with van der Waals surface area (Å²) < 4.78 is 5.21. The third-order valence-electron chi connectivity index (χ3n) is 8.01. The van der Waals surface area contributed by atoms with Gasteiger partial charge in [0.05, 0.1) is 13.5 Å². The van der Waals surface area contributed by atoms with Crippen molar-refractivity contribution in [3.63, 3.8) is 0 Å². The molecular weight excluding hydrogens is 554 g/mol. The Morgan fingerprint density at radius 3 is 2.27 bits per heavy atom.